The van der Waals surface area contributed by atoms with Gasteiger partial charge in [-0.3, -0.25) is 0 Å². The Morgan fingerprint density at radius 3 is 2.19 bits per heavy atom. The second kappa shape index (κ2) is 13.1. The highest BCUT2D eigenvalue weighted by molar-refractivity contribution is 7.91. The molecule has 52 heavy (non-hydrogen) atoms. The molecule has 2 saturated heterocycles. The summed E-state index contributed by atoms with van der Waals surface area (Å²) in [5, 5.41) is 13.4. The Balaban J connectivity index is 1.10. The molecule has 290 valence electrons. The predicted molar refractivity (Wildman–Crippen MR) is 211 cm³/mol. The van der Waals surface area contributed by atoms with Gasteiger partial charge in [0.2, 0.25) is 0 Å². The van der Waals surface area contributed by atoms with E-state index < -0.39 is 15.8 Å². The smallest absolute Gasteiger partial charge is 0.335 e. The van der Waals surface area contributed by atoms with Crippen molar-refractivity contribution < 1.29 is 18.3 Å². The lowest BCUT2D eigenvalue weighted by Crippen LogP contribution is -2.75. The number of rotatable bonds is 9. The van der Waals surface area contributed by atoms with Crippen LogP contribution in [0.25, 0.3) is 0 Å². The van der Waals surface area contributed by atoms with Gasteiger partial charge in [-0.25, -0.2) is 13.2 Å². The van der Waals surface area contributed by atoms with Gasteiger partial charge < -0.3 is 26.0 Å². The molecule has 9 heteroatoms. The number of anilines is 1. The molecule has 0 bridgehead atoms. The van der Waals surface area contributed by atoms with Gasteiger partial charge in [0, 0.05) is 48.4 Å². The second-order valence-corrected chi connectivity index (χ2v) is 22.0. The van der Waals surface area contributed by atoms with Gasteiger partial charge in [0.05, 0.1) is 17.1 Å². The number of piperidine rings is 1. The third-order valence-corrected chi connectivity index (χ3v) is 19.0. The number of hydrogen-bond donors (Lipinski definition) is 3. The normalized spacial score (nSPS) is 42.4. The first-order chi connectivity index (χ1) is 24.3. The molecule has 1 aromatic rings. The Morgan fingerprint density at radius 2 is 1.54 bits per heavy atom. The highest BCUT2D eigenvalue weighted by atomic mass is 32.2. The fraction of sp³-hybridized carbons (Fsp3) is 0.791. The number of carboxylic acids is 1. The Kier molecular flexibility index (Phi) is 9.65. The highest BCUT2D eigenvalue weighted by Gasteiger charge is 2.74. The summed E-state index contributed by atoms with van der Waals surface area (Å²) >= 11 is 0. The maximum absolute atomic E-state index is 11.9. The molecule has 2 heterocycles. The van der Waals surface area contributed by atoms with Gasteiger partial charge in [-0.1, -0.05) is 32.9 Å². The molecular weight excluding hydrogens is 669 g/mol. The van der Waals surface area contributed by atoms with Crippen LogP contribution in [-0.4, -0.2) is 86.2 Å². The summed E-state index contributed by atoms with van der Waals surface area (Å²) in [7, 11) is -2.85. The lowest BCUT2D eigenvalue weighted by atomic mass is 9.32. The standard InChI is InChI=1S/C43H68N4O4S/c1-30(2)33-15-18-42(29-45-22-8-23-46-25-27-52(50,51)28-26-46)20-19-41(7)36(43(33,42)44)14-13-35-39(5)21-24-47(32-11-9-31(10-12-32)37(48)49)38(3,4)34(39)16-17-40(35,41)6/h9-12,33-36,45H,1,8,13-29,44H2,2-7H3,(H,48,49)/t33-,34-,35+,36-,39-,40+,41+,42+,43?/m0/s1. The van der Waals surface area contributed by atoms with Crippen molar-refractivity contribution in [3.8, 4) is 0 Å². The van der Waals surface area contributed by atoms with Crippen LogP contribution in [0, 0.1) is 45.3 Å². The SMILES string of the molecule is C=C(C)[C@@H]1CC[C@]2(CNCCCN3CCS(=O)(=O)CC3)CC[C@]3(C)[C@H](CC[C@@H]4[C@@]5(C)CCN(c6ccc(C(=O)O)cc6)C(C)(C)[C@@H]5CC[C@]43C)C12N. The van der Waals surface area contributed by atoms with Crippen molar-refractivity contribution in [2.75, 3.05) is 55.7 Å². The molecule has 4 N–H and O–H groups in total. The van der Waals surface area contributed by atoms with E-state index in [4.69, 9.17) is 5.73 Å². The van der Waals surface area contributed by atoms with E-state index >= 15 is 0 Å². The Hall–Kier alpha value is -1.94. The maximum Gasteiger partial charge on any atom is 0.335 e. The molecule has 8 nitrogen and oxygen atoms in total. The van der Waals surface area contributed by atoms with E-state index in [9.17, 15) is 18.3 Å². The van der Waals surface area contributed by atoms with Crippen LogP contribution < -0.4 is 16.0 Å². The van der Waals surface area contributed by atoms with E-state index in [0.717, 1.165) is 51.1 Å². The number of nitrogens with one attached hydrogen (secondary N) is 1. The number of nitrogens with two attached hydrogens (primary N) is 1. The fourth-order valence-electron chi connectivity index (χ4n) is 14.5. The average molecular weight is 737 g/mol. The van der Waals surface area contributed by atoms with Crippen molar-refractivity contribution in [2.45, 2.75) is 117 Å². The lowest BCUT2D eigenvalue weighted by molar-refractivity contribution is -0.232. The zero-order chi connectivity index (χ0) is 37.5. The average Bonchev–Trinajstić information content (AvgIpc) is 3.38. The second-order valence-electron chi connectivity index (χ2n) is 19.7. The van der Waals surface area contributed by atoms with Gasteiger partial charge in [-0.05, 0) is 162 Å². The number of carbonyl (C=O) groups is 1. The van der Waals surface area contributed by atoms with Crippen molar-refractivity contribution in [3.05, 3.63) is 42.0 Å². The van der Waals surface area contributed by atoms with E-state index in [1.807, 2.05) is 12.1 Å². The zero-order valence-corrected chi connectivity index (χ0v) is 33.9. The molecule has 0 amide bonds. The van der Waals surface area contributed by atoms with Gasteiger partial charge >= 0.3 is 5.97 Å². The van der Waals surface area contributed by atoms with Crippen LogP contribution in [0.2, 0.25) is 0 Å². The van der Waals surface area contributed by atoms with Gasteiger partial charge in [-0.15, -0.1) is 0 Å². The van der Waals surface area contributed by atoms with E-state index in [0.29, 0.717) is 53.8 Å². The number of sulfone groups is 1. The van der Waals surface area contributed by atoms with Crippen molar-refractivity contribution in [1.29, 1.82) is 0 Å². The number of hydrogen-bond acceptors (Lipinski definition) is 7. The van der Waals surface area contributed by atoms with Crippen LogP contribution in [0.4, 0.5) is 5.69 Å². The first-order valence-electron chi connectivity index (χ1n) is 20.5. The van der Waals surface area contributed by atoms with Gasteiger partial charge in [0.25, 0.3) is 0 Å². The van der Waals surface area contributed by atoms with E-state index in [1.165, 1.54) is 50.5 Å². The van der Waals surface area contributed by atoms with Crippen molar-refractivity contribution in [2.24, 2.45) is 51.1 Å². The van der Waals surface area contributed by atoms with E-state index in [1.54, 1.807) is 12.1 Å². The van der Waals surface area contributed by atoms with Crippen LogP contribution in [0.15, 0.2) is 36.4 Å². The van der Waals surface area contributed by atoms with E-state index in [-0.39, 0.29) is 32.7 Å². The lowest BCUT2D eigenvalue weighted by Gasteiger charge is -2.75. The summed E-state index contributed by atoms with van der Waals surface area (Å²) in [5.74, 6) is 1.70. The Bertz CT molecular complexity index is 1650. The molecule has 7 rings (SSSR count). The number of carboxylic acid groups (broad SMARTS) is 1. The van der Waals surface area contributed by atoms with Gasteiger partial charge in [0.1, 0.15) is 0 Å². The monoisotopic (exact) mass is 736 g/mol. The molecule has 0 radical (unpaired) electrons. The van der Waals surface area contributed by atoms with Gasteiger partial charge in [0.15, 0.2) is 9.84 Å². The summed E-state index contributed by atoms with van der Waals surface area (Å²) in [6.45, 7) is 24.9. The van der Waals surface area contributed by atoms with Gasteiger partial charge in [-0.2, -0.15) is 0 Å². The molecule has 4 saturated carbocycles. The third kappa shape index (κ3) is 5.67. The van der Waals surface area contributed by atoms with Crippen LogP contribution in [0.1, 0.15) is 116 Å². The molecule has 1 aromatic carbocycles. The molecule has 2 aliphatic heterocycles. The number of benzene rings is 1. The number of fused-ring (bicyclic) bond motifs is 7. The Labute approximate surface area is 314 Å². The summed E-state index contributed by atoms with van der Waals surface area (Å²) in [5.41, 5.74) is 11.2. The summed E-state index contributed by atoms with van der Waals surface area (Å²) < 4.78 is 23.8. The first kappa shape index (κ1) is 38.3. The largest absolute Gasteiger partial charge is 0.478 e. The molecule has 4 aliphatic carbocycles. The van der Waals surface area contributed by atoms with Crippen molar-refractivity contribution in [3.63, 3.8) is 0 Å². The molecule has 6 fully saturated rings. The van der Waals surface area contributed by atoms with Crippen LogP contribution in [-0.2, 0) is 9.84 Å². The molecule has 0 aromatic heterocycles. The molecule has 6 aliphatic rings. The third-order valence-electron chi connectivity index (χ3n) is 17.4. The summed E-state index contributed by atoms with van der Waals surface area (Å²) in [6.07, 6.45) is 11.8. The van der Waals surface area contributed by atoms with Crippen LogP contribution >= 0.6 is 0 Å². The first-order valence-corrected chi connectivity index (χ1v) is 22.4. The fourth-order valence-corrected chi connectivity index (χ4v) is 15.8. The number of aromatic carboxylic acids is 1. The molecular formula is C43H68N4O4S. The molecule has 1 unspecified atom stereocenters. The van der Waals surface area contributed by atoms with Crippen LogP contribution in [0.3, 0.4) is 0 Å². The zero-order valence-electron chi connectivity index (χ0n) is 33.1. The van der Waals surface area contributed by atoms with Crippen molar-refractivity contribution >= 4 is 21.5 Å². The highest BCUT2D eigenvalue weighted by Crippen LogP contribution is 2.77. The minimum Gasteiger partial charge on any atom is -0.478 e. The minimum atomic E-state index is -2.85. The summed E-state index contributed by atoms with van der Waals surface area (Å²) in [6, 6.07) is 7.55. The number of nitrogens with zero attached hydrogens (tertiary/aromatic N) is 2. The molecule has 0 spiro atoms. The van der Waals surface area contributed by atoms with E-state index in [2.05, 4.69) is 63.2 Å². The predicted octanol–water partition coefficient (Wildman–Crippen LogP) is 7.00. The summed E-state index contributed by atoms with van der Waals surface area (Å²) in [4.78, 5) is 16.5. The maximum atomic E-state index is 11.9. The quantitative estimate of drug-likeness (QED) is 0.183. The van der Waals surface area contributed by atoms with Crippen LogP contribution in [0.5, 0.6) is 0 Å². The Morgan fingerprint density at radius 1 is 0.885 bits per heavy atom. The topological polar surface area (TPSA) is 116 Å². The molecule has 9 atom stereocenters. The minimum absolute atomic E-state index is 0.0402. The van der Waals surface area contributed by atoms with Crippen molar-refractivity contribution in [1.82, 2.24) is 10.2 Å².